The maximum atomic E-state index is 12.1. The molecular weight excluding hydrogens is 336 g/mol. The maximum Gasteiger partial charge on any atom is 0.273 e. The number of aromatic nitrogens is 3. The number of hydrogen-bond donors (Lipinski definition) is 2. The number of carbonyl (C=O) groups is 1. The van der Waals surface area contributed by atoms with Gasteiger partial charge in [-0.3, -0.25) is 14.9 Å². The predicted octanol–water partition coefficient (Wildman–Crippen LogP) is 1.23. The second-order valence-corrected chi connectivity index (χ2v) is 5.26. The Hall–Kier alpha value is -2.52. The molecular formula is C14H19ClN6O3. The van der Waals surface area contributed by atoms with Gasteiger partial charge < -0.3 is 11.1 Å². The molecule has 0 aliphatic rings. The number of non-ortho nitro benzene ring substituents is 1. The fraction of sp³-hybridized carbons (Fsp3) is 0.357. The molecule has 24 heavy (non-hydrogen) atoms. The number of hydrogen-bond acceptors (Lipinski definition) is 6. The lowest BCUT2D eigenvalue weighted by Crippen LogP contribution is -2.31. The highest BCUT2D eigenvalue weighted by atomic mass is 35.5. The van der Waals surface area contributed by atoms with Crippen LogP contribution in [0.2, 0.25) is 0 Å². The van der Waals surface area contributed by atoms with Crippen molar-refractivity contribution < 1.29 is 9.72 Å². The highest BCUT2D eigenvalue weighted by Gasteiger charge is 2.18. The smallest absolute Gasteiger partial charge is 0.273 e. The average molecular weight is 355 g/mol. The molecule has 1 aromatic heterocycles. The number of halogens is 1. The Morgan fingerprint density at radius 1 is 1.50 bits per heavy atom. The van der Waals surface area contributed by atoms with Crippen LogP contribution < -0.4 is 11.1 Å². The normalized spacial score (nSPS) is 11.5. The third kappa shape index (κ3) is 4.27. The molecule has 2 rings (SSSR count). The molecule has 0 aliphatic heterocycles. The van der Waals surface area contributed by atoms with E-state index in [4.69, 9.17) is 5.73 Å². The Labute approximate surface area is 144 Å². The fourth-order valence-electron chi connectivity index (χ4n) is 1.96. The summed E-state index contributed by atoms with van der Waals surface area (Å²) in [6.07, 6.45) is 0. The summed E-state index contributed by atoms with van der Waals surface area (Å²) in [5.41, 5.74) is 6.61. The van der Waals surface area contributed by atoms with Crippen molar-refractivity contribution in [3.63, 3.8) is 0 Å². The second-order valence-electron chi connectivity index (χ2n) is 5.26. The van der Waals surface area contributed by atoms with Gasteiger partial charge in [-0.05, 0) is 25.5 Å². The molecule has 1 atom stereocenters. The molecule has 1 aromatic carbocycles. The molecule has 0 radical (unpaired) electrons. The van der Waals surface area contributed by atoms with Gasteiger partial charge in [-0.1, -0.05) is 18.2 Å². The summed E-state index contributed by atoms with van der Waals surface area (Å²) >= 11 is 0. The zero-order valence-corrected chi connectivity index (χ0v) is 14.1. The van der Waals surface area contributed by atoms with Gasteiger partial charge in [0.2, 0.25) is 0 Å². The monoisotopic (exact) mass is 354 g/mol. The molecule has 0 aliphatic carbocycles. The van der Waals surface area contributed by atoms with Crippen LogP contribution in [0.1, 0.15) is 23.1 Å². The summed E-state index contributed by atoms with van der Waals surface area (Å²) in [5, 5.41) is 21.4. The van der Waals surface area contributed by atoms with Crippen LogP contribution in [0, 0.1) is 23.0 Å². The molecule has 0 fully saturated rings. The zero-order chi connectivity index (χ0) is 17.0. The molecule has 0 saturated carbocycles. The first kappa shape index (κ1) is 19.5. The van der Waals surface area contributed by atoms with Gasteiger partial charge >= 0.3 is 0 Å². The molecule has 10 heteroatoms. The molecule has 9 nitrogen and oxygen atoms in total. The van der Waals surface area contributed by atoms with Crippen molar-refractivity contribution in [2.75, 3.05) is 13.1 Å². The van der Waals surface area contributed by atoms with Gasteiger partial charge in [0, 0.05) is 18.7 Å². The summed E-state index contributed by atoms with van der Waals surface area (Å²) < 4.78 is 1.40. The lowest BCUT2D eigenvalue weighted by molar-refractivity contribution is -0.384. The molecule has 1 amide bonds. The van der Waals surface area contributed by atoms with E-state index in [9.17, 15) is 14.9 Å². The van der Waals surface area contributed by atoms with Crippen LogP contribution in [0.4, 0.5) is 5.69 Å². The highest BCUT2D eigenvalue weighted by Crippen LogP contribution is 2.18. The highest BCUT2D eigenvalue weighted by molar-refractivity contribution is 5.93. The van der Waals surface area contributed by atoms with Gasteiger partial charge in [-0.15, -0.1) is 17.5 Å². The molecule has 3 N–H and O–H groups in total. The van der Waals surface area contributed by atoms with E-state index in [2.05, 4.69) is 15.6 Å². The number of carbonyl (C=O) groups excluding carboxylic acids is 1. The molecule has 1 unspecified atom stereocenters. The average Bonchev–Trinajstić information content (AvgIpc) is 2.94. The quantitative estimate of drug-likeness (QED) is 0.593. The second kappa shape index (κ2) is 8.37. The molecule has 0 spiro atoms. The Balaban J connectivity index is 0.00000288. The Bertz CT molecular complexity index is 733. The number of nitrogens with two attached hydrogens (primary N) is 1. The summed E-state index contributed by atoms with van der Waals surface area (Å²) in [6, 6.07) is 5.97. The molecule has 0 bridgehead atoms. The van der Waals surface area contributed by atoms with Crippen LogP contribution in [0.5, 0.6) is 0 Å². The lowest BCUT2D eigenvalue weighted by Gasteiger charge is -2.09. The molecule has 1 heterocycles. The van der Waals surface area contributed by atoms with Crippen molar-refractivity contribution in [3.05, 3.63) is 45.8 Å². The maximum absolute atomic E-state index is 12.1. The first-order valence-electron chi connectivity index (χ1n) is 7.09. The molecule has 0 saturated heterocycles. The minimum absolute atomic E-state index is 0. The van der Waals surface area contributed by atoms with Crippen molar-refractivity contribution >= 4 is 24.0 Å². The summed E-state index contributed by atoms with van der Waals surface area (Å²) in [5.74, 6) is -0.189. The van der Waals surface area contributed by atoms with Crippen molar-refractivity contribution in [1.82, 2.24) is 20.3 Å². The topological polar surface area (TPSA) is 129 Å². The largest absolute Gasteiger partial charge is 0.350 e. The zero-order valence-electron chi connectivity index (χ0n) is 13.3. The van der Waals surface area contributed by atoms with Crippen molar-refractivity contribution in [3.8, 4) is 5.69 Å². The van der Waals surface area contributed by atoms with Crippen LogP contribution >= 0.6 is 12.4 Å². The molecule has 130 valence electrons. The fourth-order valence-corrected chi connectivity index (χ4v) is 1.96. The lowest BCUT2D eigenvalue weighted by atomic mass is 10.2. The number of amides is 1. The number of nitro groups is 1. The van der Waals surface area contributed by atoms with Crippen LogP contribution in [0.15, 0.2) is 24.3 Å². The van der Waals surface area contributed by atoms with Gasteiger partial charge in [0.05, 0.1) is 16.3 Å². The Kier molecular flexibility index (Phi) is 6.81. The van der Waals surface area contributed by atoms with E-state index >= 15 is 0 Å². The van der Waals surface area contributed by atoms with Gasteiger partial charge in [0.1, 0.15) is 0 Å². The van der Waals surface area contributed by atoms with Gasteiger partial charge in [-0.2, -0.15) is 0 Å². The number of nitrogens with zero attached hydrogens (tertiary/aromatic N) is 4. The third-order valence-electron chi connectivity index (χ3n) is 3.41. The van der Waals surface area contributed by atoms with Gasteiger partial charge in [-0.25, -0.2) is 4.68 Å². The van der Waals surface area contributed by atoms with E-state index in [0.717, 1.165) is 0 Å². The van der Waals surface area contributed by atoms with Crippen molar-refractivity contribution in [2.24, 2.45) is 11.7 Å². The number of rotatable bonds is 6. The van der Waals surface area contributed by atoms with E-state index in [-0.39, 0.29) is 35.6 Å². The van der Waals surface area contributed by atoms with Crippen molar-refractivity contribution in [1.29, 1.82) is 0 Å². The Morgan fingerprint density at radius 3 is 2.83 bits per heavy atom. The first-order valence-corrected chi connectivity index (χ1v) is 7.09. The molecule has 2 aromatic rings. The van der Waals surface area contributed by atoms with Crippen LogP contribution in [0.3, 0.4) is 0 Å². The van der Waals surface area contributed by atoms with E-state index in [1.54, 1.807) is 19.1 Å². The number of nitrogens with one attached hydrogen (secondary N) is 1. The minimum atomic E-state index is -0.489. The van der Waals surface area contributed by atoms with Gasteiger partial charge in [0.15, 0.2) is 5.69 Å². The number of benzene rings is 1. The van der Waals surface area contributed by atoms with Crippen LogP contribution in [-0.4, -0.2) is 38.9 Å². The summed E-state index contributed by atoms with van der Waals surface area (Å²) in [7, 11) is 0. The first-order chi connectivity index (χ1) is 10.9. The SMILES string of the molecule is Cc1c(C(=O)NCC(C)CN)nnn1-c1cccc([N+](=O)[O-])c1.Cl. The van der Waals surface area contributed by atoms with Crippen LogP contribution in [-0.2, 0) is 0 Å². The third-order valence-corrected chi connectivity index (χ3v) is 3.41. The minimum Gasteiger partial charge on any atom is -0.350 e. The van der Waals surface area contributed by atoms with E-state index in [1.165, 1.54) is 16.8 Å². The van der Waals surface area contributed by atoms with E-state index < -0.39 is 4.92 Å². The number of nitro benzene ring substituents is 1. The Morgan fingerprint density at radius 2 is 2.21 bits per heavy atom. The summed E-state index contributed by atoms with van der Waals surface area (Å²) in [4.78, 5) is 22.5. The van der Waals surface area contributed by atoms with E-state index in [1.807, 2.05) is 6.92 Å². The standard InChI is InChI=1S/C14H18N6O3.ClH/c1-9(7-15)8-16-14(21)13-10(2)19(18-17-13)11-4-3-5-12(6-11)20(22)23;/h3-6,9H,7-8,15H2,1-2H3,(H,16,21);1H. The summed E-state index contributed by atoms with van der Waals surface area (Å²) in [6.45, 7) is 4.52. The predicted molar refractivity (Wildman–Crippen MR) is 90.6 cm³/mol. The van der Waals surface area contributed by atoms with E-state index in [0.29, 0.717) is 24.5 Å². The van der Waals surface area contributed by atoms with Crippen molar-refractivity contribution in [2.45, 2.75) is 13.8 Å². The van der Waals surface area contributed by atoms with Gasteiger partial charge in [0.25, 0.3) is 11.6 Å². The van der Waals surface area contributed by atoms with Crippen LogP contribution in [0.25, 0.3) is 5.69 Å².